The normalized spacial score (nSPS) is 24.8. The van der Waals surface area contributed by atoms with Gasteiger partial charge in [-0.15, -0.1) is 0 Å². The zero-order valence-corrected chi connectivity index (χ0v) is 21.0. The highest BCUT2D eigenvalue weighted by Crippen LogP contribution is 2.50. The molecule has 11 nitrogen and oxygen atoms in total. The Kier molecular flexibility index (Phi) is 6.75. The highest BCUT2D eigenvalue weighted by molar-refractivity contribution is 6.01. The van der Waals surface area contributed by atoms with Gasteiger partial charge in [-0.1, -0.05) is 6.92 Å². The van der Waals surface area contributed by atoms with Crippen molar-refractivity contribution in [2.24, 2.45) is 5.41 Å². The number of nitrogens with zero attached hydrogens (tertiary/aromatic N) is 4. The molecule has 2 N–H and O–H groups in total. The molecule has 4 unspecified atom stereocenters. The fourth-order valence-electron chi connectivity index (χ4n) is 4.77. The summed E-state index contributed by atoms with van der Waals surface area (Å²) in [6.07, 6.45) is -2.09. The predicted octanol–water partition coefficient (Wildman–Crippen LogP) is 1.36. The third kappa shape index (κ3) is 5.09. The van der Waals surface area contributed by atoms with Gasteiger partial charge in [0, 0.05) is 19.7 Å². The van der Waals surface area contributed by atoms with E-state index in [1.165, 1.54) is 18.1 Å². The van der Waals surface area contributed by atoms with Crippen LogP contribution in [0.2, 0.25) is 0 Å². The van der Waals surface area contributed by atoms with Gasteiger partial charge in [-0.25, -0.2) is 4.98 Å². The van der Waals surface area contributed by atoms with Crippen LogP contribution in [-0.2, 0) is 19.2 Å². The molecule has 2 fully saturated rings. The number of ether oxygens (including phenoxy) is 1. The Morgan fingerprint density at radius 1 is 1.39 bits per heavy atom. The Morgan fingerprint density at radius 3 is 2.68 bits per heavy atom. The lowest BCUT2D eigenvalue weighted by Gasteiger charge is -2.36. The Balaban J connectivity index is 1.57. The molecule has 1 aliphatic carbocycles. The van der Waals surface area contributed by atoms with Crippen LogP contribution < -0.4 is 15.4 Å². The maximum atomic E-state index is 13.9. The van der Waals surface area contributed by atoms with Crippen molar-refractivity contribution < 1.29 is 37.1 Å². The molecule has 1 aromatic rings. The first-order valence-electron chi connectivity index (χ1n) is 12.0. The van der Waals surface area contributed by atoms with E-state index in [1.54, 1.807) is 17.4 Å². The summed E-state index contributed by atoms with van der Waals surface area (Å²) in [5.41, 5.74) is -1.84. The molecular formula is C24H27F3N6O5. The van der Waals surface area contributed by atoms with Gasteiger partial charge in [0.1, 0.15) is 18.1 Å². The second-order valence-corrected chi connectivity index (χ2v) is 10.4. The summed E-state index contributed by atoms with van der Waals surface area (Å²) in [7, 11) is 1.27. The summed E-state index contributed by atoms with van der Waals surface area (Å²) in [6.45, 7) is 2.73. The molecule has 0 bridgehead atoms. The second-order valence-electron chi connectivity index (χ2n) is 10.4. The van der Waals surface area contributed by atoms with E-state index in [0.717, 1.165) is 24.7 Å². The maximum absolute atomic E-state index is 13.9. The first kappa shape index (κ1) is 27.2. The van der Waals surface area contributed by atoms with E-state index in [9.17, 15) is 37.6 Å². The van der Waals surface area contributed by atoms with Crippen molar-refractivity contribution in [1.82, 2.24) is 20.1 Å². The molecule has 1 saturated heterocycles. The number of halogens is 3. The summed E-state index contributed by atoms with van der Waals surface area (Å²) in [5.74, 6) is -3.90. The van der Waals surface area contributed by atoms with Crippen LogP contribution >= 0.6 is 0 Å². The van der Waals surface area contributed by atoms with Gasteiger partial charge in [-0.05, 0) is 43.7 Å². The van der Waals surface area contributed by atoms with Crippen LogP contribution in [0.5, 0.6) is 5.75 Å². The van der Waals surface area contributed by atoms with Crippen molar-refractivity contribution in [2.75, 3.05) is 18.9 Å². The average molecular weight is 537 g/mol. The molecule has 0 radical (unpaired) electrons. The smallest absolute Gasteiger partial charge is 0.471 e. The van der Waals surface area contributed by atoms with Crippen molar-refractivity contribution in [3.63, 3.8) is 0 Å². The number of carbonyl (C=O) groups is 4. The molecule has 1 aromatic heterocycles. The van der Waals surface area contributed by atoms with Crippen molar-refractivity contribution in [1.29, 1.82) is 5.26 Å². The minimum absolute atomic E-state index is 0.130. The average Bonchev–Trinajstić information content (AvgIpc) is 3.47. The van der Waals surface area contributed by atoms with E-state index in [1.807, 2.05) is 13.0 Å². The molecule has 4 rings (SSSR count). The van der Waals surface area contributed by atoms with Crippen LogP contribution in [-0.4, -0.2) is 81.9 Å². The monoisotopic (exact) mass is 536 g/mol. The number of carbonyl (C=O) groups excluding carboxylic acids is 4. The minimum atomic E-state index is -5.18. The molecule has 14 heteroatoms. The fourth-order valence-corrected chi connectivity index (χ4v) is 4.77. The highest BCUT2D eigenvalue weighted by Gasteiger charge is 2.57. The second kappa shape index (κ2) is 9.45. The van der Waals surface area contributed by atoms with Gasteiger partial charge < -0.3 is 25.2 Å². The van der Waals surface area contributed by atoms with Crippen LogP contribution in [0.25, 0.3) is 0 Å². The van der Waals surface area contributed by atoms with Crippen molar-refractivity contribution in [3.8, 4) is 11.8 Å². The van der Waals surface area contributed by atoms with E-state index >= 15 is 0 Å². The maximum Gasteiger partial charge on any atom is 0.471 e. The Labute approximate surface area is 216 Å². The van der Waals surface area contributed by atoms with E-state index in [-0.39, 0.29) is 36.4 Å². The van der Waals surface area contributed by atoms with Crippen LogP contribution in [0.3, 0.4) is 0 Å². The standard InChI is InChI=1S/C24H27F3N6O5/c1-13(30-21(37)24(25,26)27)18(34)32(3)15(10-22(2)6-7-22)19(35)33-12-23(9-14(33)11-28)20(36)31-17-16(38-23)5-4-8-29-17/h4-5,8,13-15H,6-7,9-10,12H2,1-3H3,(H,30,37)(H,29,31,36). The third-order valence-corrected chi connectivity index (χ3v) is 7.34. The van der Waals surface area contributed by atoms with E-state index in [0.29, 0.717) is 0 Å². The molecule has 2 aliphatic heterocycles. The molecular weight excluding hydrogens is 509 g/mol. The number of pyridine rings is 1. The first-order chi connectivity index (χ1) is 17.7. The Morgan fingerprint density at radius 2 is 2.08 bits per heavy atom. The number of hydrogen-bond acceptors (Lipinski definition) is 7. The molecule has 3 aliphatic rings. The number of likely N-dealkylation sites (N-methyl/N-ethyl adjacent to an activating group) is 1. The number of anilines is 1. The number of alkyl halides is 3. The van der Waals surface area contributed by atoms with E-state index in [4.69, 9.17) is 4.74 Å². The summed E-state index contributed by atoms with van der Waals surface area (Å²) in [5, 5.41) is 14.1. The zero-order valence-electron chi connectivity index (χ0n) is 21.0. The van der Waals surface area contributed by atoms with Gasteiger partial charge in [0.25, 0.3) is 5.91 Å². The summed E-state index contributed by atoms with van der Waals surface area (Å²) >= 11 is 0. The highest BCUT2D eigenvalue weighted by atomic mass is 19.4. The molecule has 0 aromatic carbocycles. The summed E-state index contributed by atoms with van der Waals surface area (Å²) in [6, 6.07) is 1.45. The van der Waals surface area contributed by atoms with Crippen molar-refractivity contribution in [3.05, 3.63) is 18.3 Å². The Bertz CT molecular complexity index is 1210. The summed E-state index contributed by atoms with van der Waals surface area (Å²) < 4.78 is 44.1. The van der Waals surface area contributed by atoms with Crippen LogP contribution in [0.1, 0.15) is 39.5 Å². The van der Waals surface area contributed by atoms with Crippen molar-refractivity contribution >= 4 is 29.4 Å². The number of nitriles is 1. The van der Waals surface area contributed by atoms with Gasteiger partial charge >= 0.3 is 12.1 Å². The van der Waals surface area contributed by atoms with Gasteiger partial charge in [-0.2, -0.15) is 18.4 Å². The topological polar surface area (TPSA) is 145 Å². The number of aromatic nitrogens is 1. The van der Waals surface area contributed by atoms with Gasteiger partial charge in [-0.3, -0.25) is 19.2 Å². The SMILES string of the molecule is CC(NC(=O)C(F)(F)F)C(=O)N(C)C(CC1(C)CC1)C(=O)N1CC2(CC1C#N)Oc1cccnc1NC2=O. The molecule has 204 valence electrons. The van der Waals surface area contributed by atoms with Crippen LogP contribution in [0.4, 0.5) is 19.0 Å². The number of rotatable bonds is 6. The number of fused-ring (bicyclic) bond motifs is 1. The molecule has 1 spiro atoms. The van der Waals surface area contributed by atoms with E-state index < -0.39 is 53.5 Å². The third-order valence-electron chi connectivity index (χ3n) is 7.34. The lowest BCUT2D eigenvalue weighted by atomic mass is 9.96. The number of nitrogens with one attached hydrogen (secondary N) is 2. The first-order valence-corrected chi connectivity index (χ1v) is 12.0. The quantitative estimate of drug-likeness (QED) is 0.559. The molecule has 38 heavy (non-hydrogen) atoms. The number of likely N-dealkylation sites (tertiary alicyclic amines) is 1. The molecule has 4 atom stereocenters. The number of amides is 4. The fraction of sp³-hybridized carbons (Fsp3) is 0.583. The zero-order chi connectivity index (χ0) is 28.0. The number of hydrogen-bond donors (Lipinski definition) is 2. The Hall–Kier alpha value is -3.89. The molecule has 3 heterocycles. The van der Waals surface area contributed by atoms with Gasteiger partial charge in [0.15, 0.2) is 11.6 Å². The molecule has 1 saturated carbocycles. The summed E-state index contributed by atoms with van der Waals surface area (Å²) in [4.78, 5) is 57.5. The molecule has 4 amide bonds. The van der Waals surface area contributed by atoms with Crippen molar-refractivity contribution in [2.45, 2.75) is 69.4 Å². The van der Waals surface area contributed by atoms with Crippen LogP contribution in [0.15, 0.2) is 18.3 Å². The minimum Gasteiger partial charge on any atom is -0.472 e. The lowest BCUT2D eigenvalue weighted by Crippen LogP contribution is -2.57. The van der Waals surface area contributed by atoms with Gasteiger partial charge in [0.2, 0.25) is 17.4 Å². The van der Waals surface area contributed by atoms with Gasteiger partial charge in [0.05, 0.1) is 12.6 Å². The largest absolute Gasteiger partial charge is 0.472 e. The predicted molar refractivity (Wildman–Crippen MR) is 124 cm³/mol. The lowest BCUT2D eigenvalue weighted by molar-refractivity contribution is -0.175. The van der Waals surface area contributed by atoms with E-state index in [2.05, 4.69) is 10.3 Å². The van der Waals surface area contributed by atoms with Crippen LogP contribution in [0, 0.1) is 16.7 Å².